The standard InChI is InChI=1S/C16H16N4O4/c1-10-3-2-4-13(20(23)24)16(10)17-14(21)9-19-15(22)8-7-12(18-19)11-5-6-11/h2-4,7-8,11H,5-6,9H2,1H3,(H,17,21). The SMILES string of the molecule is Cc1cccc([N+](=O)[O-])c1NC(=O)Cn1nc(C2CC2)ccc1=O. The van der Waals surface area contributed by atoms with Crippen LogP contribution < -0.4 is 10.9 Å². The summed E-state index contributed by atoms with van der Waals surface area (Å²) in [6.45, 7) is 1.38. The zero-order valence-electron chi connectivity index (χ0n) is 13.1. The van der Waals surface area contributed by atoms with Gasteiger partial charge >= 0.3 is 0 Å². The Morgan fingerprint density at radius 1 is 1.38 bits per heavy atom. The lowest BCUT2D eigenvalue weighted by atomic mass is 10.1. The Morgan fingerprint density at radius 3 is 2.79 bits per heavy atom. The Morgan fingerprint density at radius 2 is 2.12 bits per heavy atom. The number of anilines is 1. The zero-order valence-corrected chi connectivity index (χ0v) is 13.1. The van der Waals surface area contributed by atoms with Gasteiger partial charge in [-0.25, -0.2) is 4.68 Å². The van der Waals surface area contributed by atoms with Gasteiger partial charge in [0.2, 0.25) is 5.91 Å². The van der Waals surface area contributed by atoms with E-state index in [-0.39, 0.29) is 23.5 Å². The third-order valence-electron chi connectivity index (χ3n) is 3.89. The van der Waals surface area contributed by atoms with Gasteiger partial charge < -0.3 is 5.32 Å². The van der Waals surface area contributed by atoms with E-state index in [9.17, 15) is 19.7 Å². The summed E-state index contributed by atoms with van der Waals surface area (Å²) in [5, 5.41) is 17.8. The van der Waals surface area contributed by atoms with Crippen LogP contribution in [0.5, 0.6) is 0 Å². The molecule has 0 radical (unpaired) electrons. The molecule has 2 aromatic rings. The highest BCUT2D eigenvalue weighted by molar-refractivity contribution is 5.93. The molecule has 0 atom stereocenters. The molecule has 8 heteroatoms. The van der Waals surface area contributed by atoms with E-state index >= 15 is 0 Å². The van der Waals surface area contributed by atoms with E-state index in [1.165, 1.54) is 12.1 Å². The first-order valence-corrected chi connectivity index (χ1v) is 7.57. The number of aromatic nitrogens is 2. The van der Waals surface area contributed by atoms with E-state index in [0.717, 1.165) is 23.2 Å². The van der Waals surface area contributed by atoms with Gasteiger partial charge in [0.15, 0.2) is 0 Å². The fourth-order valence-corrected chi connectivity index (χ4v) is 2.46. The first kappa shape index (κ1) is 15.9. The number of carbonyl (C=O) groups excluding carboxylic acids is 1. The fourth-order valence-electron chi connectivity index (χ4n) is 2.46. The lowest BCUT2D eigenvalue weighted by Gasteiger charge is -2.10. The van der Waals surface area contributed by atoms with E-state index in [1.807, 2.05) is 0 Å². The molecule has 124 valence electrons. The predicted octanol–water partition coefficient (Wildman–Crippen LogP) is 1.98. The van der Waals surface area contributed by atoms with Crippen molar-refractivity contribution in [2.75, 3.05) is 5.32 Å². The van der Waals surface area contributed by atoms with Crippen molar-refractivity contribution in [1.29, 1.82) is 0 Å². The number of amides is 1. The van der Waals surface area contributed by atoms with Crippen LogP contribution in [0.3, 0.4) is 0 Å². The average molecular weight is 328 g/mol. The quantitative estimate of drug-likeness (QED) is 0.667. The summed E-state index contributed by atoms with van der Waals surface area (Å²) < 4.78 is 1.09. The lowest BCUT2D eigenvalue weighted by Crippen LogP contribution is -2.30. The molecular formula is C16H16N4O4. The van der Waals surface area contributed by atoms with Crippen molar-refractivity contribution >= 4 is 17.3 Å². The van der Waals surface area contributed by atoms with Crippen LogP contribution in [0.4, 0.5) is 11.4 Å². The summed E-state index contributed by atoms with van der Waals surface area (Å²) in [7, 11) is 0. The molecule has 1 fully saturated rings. The maximum absolute atomic E-state index is 12.2. The van der Waals surface area contributed by atoms with Crippen molar-refractivity contribution < 1.29 is 9.72 Å². The Kier molecular flexibility index (Phi) is 4.11. The largest absolute Gasteiger partial charge is 0.319 e. The first-order valence-electron chi connectivity index (χ1n) is 7.57. The van der Waals surface area contributed by atoms with Gasteiger partial charge in [-0.15, -0.1) is 0 Å². The van der Waals surface area contributed by atoms with Crippen molar-refractivity contribution in [2.24, 2.45) is 0 Å². The van der Waals surface area contributed by atoms with E-state index < -0.39 is 10.8 Å². The smallest absolute Gasteiger partial charge is 0.293 e. The van der Waals surface area contributed by atoms with Gasteiger partial charge in [-0.2, -0.15) is 5.10 Å². The van der Waals surface area contributed by atoms with Crippen molar-refractivity contribution in [3.05, 3.63) is 62.1 Å². The molecule has 1 aromatic heterocycles. The number of benzene rings is 1. The summed E-state index contributed by atoms with van der Waals surface area (Å²) >= 11 is 0. The number of para-hydroxylation sites is 1. The van der Waals surface area contributed by atoms with Crippen LogP contribution in [-0.4, -0.2) is 20.6 Å². The van der Waals surface area contributed by atoms with Crippen LogP contribution in [0, 0.1) is 17.0 Å². The number of hydrogen-bond acceptors (Lipinski definition) is 5. The number of hydrogen-bond donors (Lipinski definition) is 1. The highest BCUT2D eigenvalue weighted by atomic mass is 16.6. The highest BCUT2D eigenvalue weighted by Crippen LogP contribution is 2.38. The summed E-state index contributed by atoms with van der Waals surface area (Å²) in [6.07, 6.45) is 2.07. The monoisotopic (exact) mass is 328 g/mol. The Bertz CT molecular complexity index is 871. The van der Waals surface area contributed by atoms with Gasteiger partial charge in [-0.1, -0.05) is 12.1 Å². The number of rotatable bonds is 5. The first-order chi connectivity index (χ1) is 11.5. The molecule has 1 amide bonds. The topological polar surface area (TPSA) is 107 Å². The van der Waals surface area contributed by atoms with Crippen molar-refractivity contribution in [2.45, 2.75) is 32.2 Å². The second-order valence-corrected chi connectivity index (χ2v) is 5.80. The van der Waals surface area contributed by atoms with Crippen LogP contribution in [0.2, 0.25) is 0 Å². The molecule has 1 aliphatic carbocycles. The molecule has 0 spiro atoms. The maximum Gasteiger partial charge on any atom is 0.293 e. The number of aryl methyl sites for hydroxylation is 1. The normalized spacial score (nSPS) is 13.5. The molecule has 0 bridgehead atoms. The van der Waals surface area contributed by atoms with Gasteiger partial charge in [0.05, 0.1) is 10.6 Å². The zero-order chi connectivity index (χ0) is 17.3. The van der Waals surface area contributed by atoms with E-state index in [4.69, 9.17) is 0 Å². The van der Waals surface area contributed by atoms with Crippen LogP contribution in [0.25, 0.3) is 0 Å². The van der Waals surface area contributed by atoms with Gasteiger partial charge in [-0.05, 0) is 31.4 Å². The molecule has 1 aromatic carbocycles. The second kappa shape index (κ2) is 6.23. The molecule has 24 heavy (non-hydrogen) atoms. The summed E-state index contributed by atoms with van der Waals surface area (Å²) in [4.78, 5) is 34.6. The lowest BCUT2D eigenvalue weighted by molar-refractivity contribution is -0.384. The van der Waals surface area contributed by atoms with E-state index in [0.29, 0.717) is 11.5 Å². The summed E-state index contributed by atoms with van der Waals surface area (Å²) in [5.74, 6) is -0.174. The van der Waals surface area contributed by atoms with E-state index in [1.54, 1.807) is 25.1 Å². The highest BCUT2D eigenvalue weighted by Gasteiger charge is 2.26. The number of nitro groups is 1. The Balaban J connectivity index is 1.81. The summed E-state index contributed by atoms with van der Waals surface area (Å²) in [6, 6.07) is 7.61. The van der Waals surface area contributed by atoms with E-state index in [2.05, 4.69) is 10.4 Å². The third-order valence-corrected chi connectivity index (χ3v) is 3.89. The average Bonchev–Trinajstić information content (AvgIpc) is 3.36. The van der Waals surface area contributed by atoms with Gasteiger partial charge in [0.25, 0.3) is 11.2 Å². The second-order valence-electron chi connectivity index (χ2n) is 5.80. The molecule has 0 saturated heterocycles. The predicted molar refractivity (Wildman–Crippen MR) is 86.9 cm³/mol. The molecule has 8 nitrogen and oxygen atoms in total. The third kappa shape index (κ3) is 3.32. The summed E-state index contributed by atoms with van der Waals surface area (Å²) in [5.41, 5.74) is 0.942. The van der Waals surface area contributed by atoms with Gasteiger partial charge in [-0.3, -0.25) is 19.7 Å². The fraction of sp³-hybridized carbons (Fsp3) is 0.312. The van der Waals surface area contributed by atoms with Gasteiger partial charge in [0.1, 0.15) is 12.2 Å². The molecule has 0 unspecified atom stereocenters. The number of carbonyl (C=O) groups is 1. The molecule has 1 aliphatic rings. The maximum atomic E-state index is 12.2. The number of nitrogens with zero attached hydrogens (tertiary/aromatic N) is 3. The minimum absolute atomic E-state index is 0.138. The van der Waals surface area contributed by atoms with Crippen LogP contribution >= 0.6 is 0 Å². The van der Waals surface area contributed by atoms with Crippen molar-refractivity contribution in [3.8, 4) is 0 Å². The minimum atomic E-state index is -0.555. The molecule has 1 heterocycles. The molecule has 3 rings (SSSR count). The molecule has 0 aliphatic heterocycles. The molecule has 1 N–H and O–H groups in total. The van der Waals surface area contributed by atoms with Crippen molar-refractivity contribution in [3.63, 3.8) is 0 Å². The molecular weight excluding hydrogens is 312 g/mol. The molecule has 1 saturated carbocycles. The Labute approximate surface area is 137 Å². The van der Waals surface area contributed by atoms with Crippen LogP contribution in [-0.2, 0) is 11.3 Å². The van der Waals surface area contributed by atoms with Crippen molar-refractivity contribution in [1.82, 2.24) is 9.78 Å². The number of nitro benzene ring substituents is 1. The Hall–Kier alpha value is -3.03. The van der Waals surface area contributed by atoms with Crippen LogP contribution in [0.15, 0.2) is 35.1 Å². The van der Waals surface area contributed by atoms with Gasteiger partial charge in [0, 0.05) is 18.1 Å². The number of nitrogens with one attached hydrogen (secondary N) is 1. The minimum Gasteiger partial charge on any atom is -0.319 e. The van der Waals surface area contributed by atoms with Crippen LogP contribution in [0.1, 0.15) is 30.0 Å².